The highest BCUT2D eigenvalue weighted by Gasteiger charge is 2.54. The van der Waals surface area contributed by atoms with Gasteiger partial charge in [0.25, 0.3) is 0 Å². The predicted molar refractivity (Wildman–Crippen MR) is 299 cm³/mol. The smallest absolute Gasteiger partial charge is 0.387 e. The molecule has 0 saturated carbocycles. The van der Waals surface area contributed by atoms with Gasteiger partial charge in [0.2, 0.25) is 0 Å². The fraction of sp³-hybridized carbons (Fsp3) is 0.535. The average molecular weight is 1380 g/mol. The van der Waals surface area contributed by atoms with E-state index in [0.717, 1.165) is 53.4 Å². The van der Waals surface area contributed by atoms with E-state index in [2.05, 4.69) is 59.8 Å². The number of phosphoric ester groups is 1. The van der Waals surface area contributed by atoms with Gasteiger partial charge < -0.3 is 106 Å². The third-order valence-electron chi connectivity index (χ3n) is 14.8. The molecule has 12 heterocycles. The normalized spacial score (nSPS) is 30.7. The molecule has 0 radical (unpaired) electrons. The fourth-order valence-corrected chi connectivity index (χ4v) is 13.8. The number of aliphatic hydroxyl groups is 5. The van der Waals surface area contributed by atoms with Crippen molar-refractivity contribution in [2.45, 2.75) is 98.2 Å². The van der Waals surface area contributed by atoms with Gasteiger partial charge in [-0.25, -0.2) is 64.4 Å². The van der Waals surface area contributed by atoms with E-state index in [1.165, 1.54) is 15.5 Å². The lowest BCUT2D eigenvalue weighted by Crippen LogP contribution is -2.37. The molecule has 19 atom stereocenters. The van der Waals surface area contributed by atoms with E-state index >= 15 is 0 Å². The first kappa shape index (κ1) is 65.5. The Kier molecular flexibility index (Phi) is 18.3. The summed E-state index contributed by atoms with van der Waals surface area (Å²) in [6.45, 7) is -3.12. The second kappa shape index (κ2) is 25.7. The Bertz CT molecular complexity index is 4210. The lowest BCUT2D eigenvalue weighted by molar-refractivity contribution is -0.0671. The molecule has 4 saturated heterocycles. The Labute approximate surface area is 512 Å². The van der Waals surface area contributed by atoms with Crippen molar-refractivity contribution in [2.75, 3.05) is 68.4 Å². The highest BCUT2D eigenvalue weighted by molar-refractivity contribution is 7.53. The average Bonchev–Trinajstić information content (AvgIpc) is 1.64. The summed E-state index contributed by atoms with van der Waals surface area (Å²) in [5, 5.41) is 56.8. The molecule has 8 aromatic rings. The lowest BCUT2D eigenvalue weighted by Gasteiger charge is -2.25. The zero-order valence-electron chi connectivity index (χ0n) is 46.7. The fourth-order valence-electron chi connectivity index (χ4n) is 10.6. The zero-order chi connectivity index (χ0) is 65.3. The molecule has 92 heavy (non-hydrogen) atoms. The number of phosphoric acid groups is 1. The highest BCUT2D eigenvalue weighted by atomic mass is 31.2. The maximum atomic E-state index is 14.1. The Balaban J connectivity index is 0.722. The zero-order valence-corrected chi connectivity index (χ0v) is 50.2. The van der Waals surface area contributed by atoms with Crippen molar-refractivity contribution in [3.63, 3.8) is 0 Å². The van der Waals surface area contributed by atoms with Crippen molar-refractivity contribution < 1.29 is 120 Å². The van der Waals surface area contributed by atoms with E-state index in [4.69, 9.17) is 74.2 Å². The van der Waals surface area contributed by atoms with E-state index < -0.39 is 174 Å². The third-order valence-corrected chi connectivity index (χ3v) is 18.4. The summed E-state index contributed by atoms with van der Waals surface area (Å²) in [5.74, 6) is -0.245. The van der Waals surface area contributed by atoms with Gasteiger partial charge in [-0.3, -0.25) is 50.1 Å². The number of anilines is 4. The molecule has 45 nitrogen and oxygen atoms in total. The molecular weight excluding hydrogens is 1320 g/mol. The van der Waals surface area contributed by atoms with Crippen molar-refractivity contribution >= 4 is 98.5 Å². The molecule has 12 rings (SSSR count). The summed E-state index contributed by atoms with van der Waals surface area (Å²) >= 11 is 0. The van der Waals surface area contributed by atoms with Gasteiger partial charge in [-0.1, -0.05) is 0 Å². The van der Waals surface area contributed by atoms with Crippen LogP contribution < -0.4 is 22.9 Å². The number of fused-ring (bicyclic) bond motifs is 4. The number of aromatic nitrogens is 16. The number of hydrogen-bond acceptors (Lipinski definition) is 36. The van der Waals surface area contributed by atoms with E-state index in [9.17, 15) is 68.3 Å². The van der Waals surface area contributed by atoms with Crippen LogP contribution in [0.25, 0.3) is 44.7 Å². The molecule has 0 spiro atoms. The first-order valence-electron chi connectivity index (χ1n) is 26.8. The Morgan fingerprint density at radius 2 is 0.696 bits per heavy atom. The second-order valence-corrected chi connectivity index (χ2v) is 27.4. The van der Waals surface area contributed by atoms with E-state index in [1.807, 2.05) is 0 Å². The van der Waals surface area contributed by atoms with Gasteiger partial charge in [0, 0.05) is 0 Å². The van der Waals surface area contributed by atoms with Gasteiger partial charge in [0.05, 0.1) is 51.7 Å². The van der Waals surface area contributed by atoms with Gasteiger partial charge in [-0.15, -0.1) is 0 Å². The summed E-state index contributed by atoms with van der Waals surface area (Å²) in [5.41, 5.74) is 24.3. The Morgan fingerprint density at radius 1 is 0.391 bits per heavy atom. The number of imidazole rings is 4. The van der Waals surface area contributed by atoms with Crippen molar-refractivity contribution in [3.05, 3.63) is 50.6 Å². The summed E-state index contributed by atoms with van der Waals surface area (Å²) in [7, 11) is -20.3. The molecule has 49 heteroatoms. The van der Waals surface area contributed by atoms with E-state index in [1.54, 1.807) is 0 Å². The lowest BCUT2D eigenvalue weighted by atomic mass is 10.1. The summed E-state index contributed by atoms with van der Waals surface area (Å²) in [6, 6.07) is 0. The first-order chi connectivity index (χ1) is 43.7. The van der Waals surface area contributed by atoms with Crippen LogP contribution >= 0.6 is 30.6 Å². The molecule has 0 amide bonds. The topological polar surface area (TPSA) is 651 Å². The molecule has 0 bridgehead atoms. The number of rotatable bonds is 25. The van der Waals surface area contributed by atoms with Crippen molar-refractivity contribution in [3.8, 4) is 0 Å². The van der Waals surface area contributed by atoms with Crippen LogP contribution in [0, 0.1) is 0 Å². The molecule has 4 aliphatic heterocycles. The van der Waals surface area contributed by atoms with Crippen LogP contribution in [-0.4, -0.2) is 247 Å². The minimum absolute atomic E-state index is 0.00730. The minimum atomic E-state index is -5.55. The van der Waals surface area contributed by atoms with Crippen LogP contribution in [0.15, 0.2) is 50.6 Å². The largest absolute Gasteiger partial charge is 0.472 e. The van der Waals surface area contributed by atoms with Crippen LogP contribution in [0.4, 0.5) is 23.3 Å². The second-order valence-electron chi connectivity index (χ2n) is 21.0. The van der Waals surface area contributed by atoms with Crippen LogP contribution in [0.5, 0.6) is 0 Å². The van der Waals surface area contributed by atoms with E-state index in [-0.39, 0.29) is 67.9 Å². The number of ether oxygens (including phenoxy) is 7. The monoisotopic (exact) mass is 1380 g/mol. The predicted octanol–water partition coefficient (Wildman–Crippen LogP) is -4.19. The summed E-state index contributed by atoms with van der Waals surface area (Å²) in [4.78, 5) is 101. The standard InChI is InChI=1S/C43H56N20O25P4/c44-32-20-36(52-5-48-32)60(9-56-20)40-28(68)24(64)16(82-40)1-79-14-90(72,73)87-30-27(67)19(85-42(30)62-11-58-22-34(46)50-7-54-38(22)62)4-81-92(76,77)88-31-26(66)18(84-43(31)63-12-59-23-35(47)51-8-55-39(23)63)3-80-15-91(74,75)86-29-25(65)17(2-78-13-89(69,70)71)83-41(29)61-10-57-21-33(45)49-6-53-37(21)61/h5-12,16-19,24-31,40-43,64-68H,1-4,13-15H2,(H,72,73)(H,74,75)(H,76,77)(H2,44,48,52)(H2,45,49,53)(H2,46,50,54)(H2,47,51,55)(H2,69,70,71)/t16-,17-,18-,19-,24+,25+,26+,27-,28-,29-,30-,31-,40-,41-,42-,43-/m1/s1. The number of hydrogen-bond donors (Lipinski definition) is 14. The third kappa shape index (κ3) is 13.2. The molecule has 3 unspecified atom stereocenters. The van der Waals surface area contributed by atoms with Crippen LogP contribution in [-0.2, 0) is 69.5 Å². The molecule has 4 fully saturated rings. The van der Waals surface area contributed by atoms with Gasteiger partial charge >= 0.3 is 30.6 Å². The number of aliphatic hydroxyl groups excluding tert-OH is 5. The summed E-state index contributed by atoms with van der Waals surface area (Å²) in [6.07, 6.45) is -21.3. The quantitative estimate of drug-likeness (QED) is 0.0241. The molecule has 0 aromatic carbocycles. The maximum Gasteiger partial charge on any atom is 0.472 e. The molecule has 4 aliphatic rings. The van der Waals surface area contributed by atoms with E-state index in [0.29, 0.717) is 0 Å². The Hall–Kier alpha value is -6.52. The molecule has 18 N–H and O–H groups in total. The number of nitrogens with two attached hydrogens (primary N) is 4. The number of nitrogen functional groups attached to an aromatic ring is 4. The molecular formula is C43H56N20O25P4. The molecule has 8 aromatic heterocycles. The van der Waals surface area contributed by atoms with Gasteiger partial charge in [0.1, 0.15) is 140 Å². The SMILES string of the molecule is Nc1ncnc2c1ncn2[C@@H]1O[C@H](COCP(=O)(O)O[C@@H]2[C@H](O)[C@@H](COP(=O)(O)O[C@@H]3[C@@H](O)[C@@H](COCP(=O)(O)O[C@@H]4[C@@H](O)[C@@H](COCP(=O)(O)O)O[C@H]4n4cnc5c(N)ncnc54)O[C@H]3n3cnc4c(N)ncnc43)O[C@H]2n2cnc3c(N)ncnc32)[C@H](O)[C@H]1O. The van der Waals surface area contributed by atoms with Crippen molar-refractivity contribution in [2.24, 2.45) is 0 Å². The van der Waals surface area contributed by atoms with Gasteiger partial charge in [-0.2, -0.15) is 0 Å². The Morgan fingerprint density at radius 3 is 1.05 bits per heavy atom. The molecule has 0 aliphatic carbocycles. The number of nitrogens with zero attached hydrogens (tertiary/aromatic N) is 16. The van der Waals surface area contributed by atoms with Crippen LogP contribution in [0.1, 0.15) is 24.9 Å². The summed E-state index contributed by atoms with van der Waals surface area (Å²) < 4.78 is 120. The van der Waals surface area contributed by atoms with Crippen LogP contribution in [0.2, 0.25) is 0 Å². The van der Waals surface area contributed by atoms with Crippen LogP contribution in [0.3, 0.4) is 0 Å². The molecule has 498 valence electrons. The maximum absolute atomic E-state index is 14.1. The highest BCUT2D eigenvalue weighted by Crippen LogP contribution is 2.54. The van der Waals surface area contributed by atoms with Crippen molar-refractivity contribution in [1.82, 2.24) is 78.1 Å². The van der Waals surface area contributed by atoms with Crippen molar-refractivity contribution in [1.29, 1.82) is 0 Å². The minimum Gasteiger partial charge on any atom is -0.387 e. The first-order valence-corrected chi connectivity index (χ1v) is 33.7. The van der Waals surface area contributed by atoms with Gasteiger partial charge in [-0.05, 0) is 0 Å². The van der Waals surface area contributed by atoms with Gasteiger partial charge in [0.15, 0.2) is 70.8 Å².